The number of hydrogen-bond acceptors (Lipinski definition) is 2. The van der Waals surface area contributed by atoms with Crippen molar-refractivity contribution >= 4 is 5.91 Å². The van der Waals surface area contributed by atoms with E-state index in [4.69, 9.17) is 5.73 Å². The van der Waals surface area contributed by atoms with E-state index >= 15 is 0 Å². The van der Waals surface area contributed by atoms with Crippen LogP contribution in [0.2, 0.25) is 0 Å². The molecule has 1 fully saturated rings. The lowest BCUT2D eigenvalue weighted by Gasteiger charge is -2.16. The molecule has 1 atom stereocenters. The van der Waals surface area contributed by atoms with Gasteiger partial charge < -0.3 is 10.6 Å². The van der Waals surface area contributed by atoms with E-state index in [1.807, 2.05) is 17.0 Å². The molecule has 1 amide bonds. The second kappa shape index (κ2) is 5.32. The Morgan fingerprint density at radius 1 is 1.41 bits per heavy atom. The molecule has 0 radical (unpaired) electrons. The van der Waals surface area contributed by atoms with E-state index in [1.165, 1.54) is 5.56 Å². The molecular weight excluding hydrogens is 212 g/mol. The van der Waals surface area contributed by atoms with E-state index in [9.17, 15) is 4.79 Å². The number of amides is 1. The summed E-state index contributed by atoms with van der Waals surface area (Å²) < 4.78 is 0. The minimum Gasteiger partial charge on any atom is -0.342 e. The molecule has 0 saturated carbocycles. The van der Waals surface area contributed by atoms with Gasteiger partial charge in [0.1, 0.15) is 0 Å². The lowest BCUT2D eigenvalue weighted by atomic mass is 10.1. The predicted octanol–water partition coefficient (Wildman–Crippen LogP) is 1.34. The van der Waals surface area contributed by atoms with Gasteiger partial charge in [0.2, 0.25) is 5.91 Å². The highest BCUT2D eigenvalue weighted by Gasteiger charge is 2.24. The molecule has 17 heavy (non-hydrogen) atoms. The van der Waals surface area contributed by atoms with E-state index < -0.39 is 0 Å². The first-order valence-electron chi connectivity index (χ1n) is 6.22. The van der Waals surface area contributed by atoms with Crippen LogP contribution in [0.1, 0.15) is 17.5 Å². The van der Waals surface area contributed by atoms with Gasteiger partial charge in [0.25, 0.3) is 0 Å². The van der Waals surface area contributed by atoms with Gasteiger partial charge in [-0.2, -0.15) is 0 Å². The Balaban J connectivity index is 1.91. The third kappa shape index (κ3) is 3.07. The maximum absolute atomic E-state index is 12.0. The maximum atomic E-state index is 12.0. The molecule has 0 bridgehead atoms. The van der Waals surface area contributed by atoms with Crippen molar-refractivity contribution in [1.82, 2.24) is 4.90 Å². The average Bonchev–Trinajstić information content (AvgIpc) is 2.81. The molecule has 1 heterocycles. The molecular formula is C14H20N2O. The van der Waals surface area contributed by atoms with E-state index in [0.29, 0.717) is 18.9 Å². The molecule has 1 aromatic rings. The first kappa shape index (κ1) is 12.1. The molecule has 0 aliphatic carbocycles. The van der Waals surface area contributed by atoms with Gasteiger partial charge in [-0.3, -0.25) is 4.79 Å². The fourth-order valence-electron chi connectivity index (χ4n) is 2.24. The van der Waals surface area contributed by atoms with Crippen LogP contribution in [0, 0.1) is 12.8 Å². The number of likely N-dealkylation sites (tertiary alicyclic amines) is 1. The molecule has 0 unspecified atom stereocenters. The fraction of sp³-hybridized carbons (Fsp3) is 0.500. The van der Waals surface area contributed by atoms with Crippen LogP contribution in [0.4, 0.5) is 0 Å². The Bertz CT molecular complexity index is 386. The summed E-state index contributed by atoms with van der Waals surface area (Å²) >= 11 is 0. The minimum absolute atomic E-state index is 0.227. The van der Waals surface area contributed by atoms with Crippen LogP contribution in [-0.2, 0) is 11.2 Å². The van der Waals surface area contributed by atoms with Crippen LogP contribution >= 0.6 is 0 Å². The molecule has 2 N–H and O–H groups in total. The van der Waals surface area contributed by atoms with Crippen molar-refractivity contribution in [2.45, 2.75) is 19.8 Å². The number of nitrogens with two attached hydrogens (primary N) is 1. The topological polar surface area (TPSA) is 46.3 Å². The lowest BCUT2D eigenvalue weighted by molar-refractivity contribution is -0.129. The highest BCUT2D eigenvalue weighted by Crippen LogP contribution is 2.16. The van der Waals surface area contributed by atoms with Crippen LogP contribution < -0.4 is 5.73 Å². The Morgan fingerprint density at radius 2 is 2.12 bits per heavy atom. The molecule has 2 rings (SSSR count). The molecule has 0 spiro atoms. The zero-order chi connectivity index (χ0) is 12.3. The van der Waals surface area contributed by atoms with Crippen molar-refractivity contribution in [3.63, 3.8) is 0 Å². The Labute approximate surface area is 103 Å². The Morgan fingerprint density at radius 3 is 2.71 bits per heavy atom. The molecule has 0 aromatic heterocycles. The maximum Gasteiger partial charge on any atom is 0.226 e. The summed E-state index contributed by atoms with van der Waals surface area (Å²) in [6.07, 6.45) is 1.56. The second-order valence-corrected chi connectivity index (χ2v) is 4.89. The quantitative estimate of drug-likeness (QED) is 0.855. The molecule has 1 saturated heterocycles. The summed E-state index contributed by atoms with van der Waals surface area (Å²) in [5.74, 6) is 0.724. The molecule has 92 valence electrons. The normalized spacial score (nSPS) is 19.6. The number of rotatable bonds is 3. The summed E-state index contributed by atoms with van der Waals surface area (Å²) in [4.78, 5) is 14.0. The summed E-state index contributed by atoms with van der Waals surface area (Å²) in [7, 11) is 0. The molecule has 3 nitrogen and oxygen atoms in total. The van der Waals surface area contributed by atoms with E-state index in [1.54, 1.807) is 0 Å². The van der Waals surface area contributed by atoms with Crippen molar-refractivity contribution < 1.29 is 4.79 Å². The van der Waals surface area contributed by atoms with Gasteiger partial charge in [0, 0.05) is 13.1 Å². The van der Waals surface area contributed by atoms with E-state index in [-0.39, 0.29) is 5.91 Å². The highest BCUT2D eigenvalue weighted by atomic mass is 16.2. The zero-order valence-corrected chi connectivity index (χ0v) is 10.4. The predicted molar refractivity (Wildman–Crippen MR) is 68.6 cm³/mol. The first-order valence-corrected chi connectivity index (χ1v) is 6.22. The van der Waals surface area contributed by atoms with Gasteiger partial charge in [-0.1, -0.05) is 29.8 Å². The van der Waals surface area contributed by atoms with E-state index in [0.717, 1.165) is 25.1 Å². The highest BCUT2D eigenvalue weighted by molar-refractivity contribution is 5.79. The monoisotopic (exact) mass is 232 g/mol. The minimum atomic E-state index is 0.227. The van der Waals surface area contributed by atoms with Crippen LogP contribution in [0.25, 0.3) is 0 Å². The van der Waals surface area contributed by atoms with Crippen molar-refractivity contribution in [2.24, 2.45) is 11.7 Å². The smallest absolute Gasteiger partial charge is 0.226 e. The van der Waals surface area contributed by atoms with Crippen molar-refractivity contribution in [2.75, 3.05) is 19.6 Å². The van der Waals surface area contributed by atoms with Crippen LogP contribution in [0.5, 0.6) is 0 Å². The lowest BCUT2D eigenvalue weighted by Crippen LogP contribution is -2.31. The number of carbonyl (C=O) groups excluding carboxylic acids is 1. The second-order valence-electron chi connectivity index (χ2n) is 4.89. The zero-order valence-electron chi connectivity index (χ0n) is 10.4. The standard InChI is InChI=1S/C14H20N2O/c1-11-2-4-12(5-3-11)8-14(17)16-7-6-13(9-15)10-16/h2-5,13H,6-10,15H2,1H3/t13-/m0/s1. The first-order chi connectivity index (χ1) is 8.19. The van der Waals surface area contributed by atoms with Crippen molar-refractivity contribution in [1.29, 1.82) is 0 Å². The van der Waals surface area contributed by atoms with Gasteiger partial charge in [0.15, 0.2) is 0 Å². The third-order valence-electron chi connectivity index (χ3n) is 3.45. The Kier molecular flexibility index (Phi) is 3.79. The van der Waals surface area contributed by atoms with Crippen LogP contribution in [0.3, 0.4) is 0 Å². The molecule has 1 aliphatic heterocycles. The molecule has 3 heteroatoms. The summed E-state index contributed by atoms with van der Waals surface area (Å²) in [5, 5.41) is 0. The average molecular weight is 232 g/mol. The van der Waals surface area contributed by atoms with Gasteiger partial charge in [-0.25, -0.2) is 0 Å². The van der Waals surface area contributed by atoms with Gasteiger partial charge in [-0.15, -0.1) is 0 Å². The fourth-order valence-corrected chi connectivity index (χ4v) is 2.24. The summed E-state index contributed by atoms with van der Waals surface area (Å²) in [6.45, 7) is 4.44. The number of hydrogen-bond donors (Lipinski definition) is 1. The van der Waals surface area contributed by atoms with Crippen LogP contribution in [-0.4, -0.2) is 30.4 Å². The number of benzene rings is 1. The van der Waals surface area contributed by atoms with Gasteiger partial charge in [-0.05, 0) is 31.4 Å². The number of nitrogens with zero attached hydrogens (tertiary/aromatic N) is 1. The van der Waals surface area contributed by atoms with Gasteiger partial charge in [0.05, 0.1) is 6.42 Å². The van der Waals surface area contributed by atoms with Gasteiger partial charge >= 0.3 is 0 Å². The third-order valence-corrected chi connectivity index (χ3v) is 3.45. The molecule has 1 aromatic carbocycles. The van der Waals surface area contributed by atoms with Crippen molar-refractivity contribution in [3.8, 4) is 0 Å². The Hall–Kier alpha value is -1.35. The SMILES string of the molecule is Cc1ccc(CC(=O)N2CC[C@@H](CN)C2)cc1. The summed E-state index contributed by atoms with van der Waals surface area (Å²) in [6, 6.07) is 8.16. The molecule has 1 aliphatic rings. The van der Waals surface area contributed by atoms with E-state index in [2.05, 4.69) is 19.1 Å². The van der Waals surface area contributed by atoms with Crippen molar-refractivity contribution in [3.05, 3.63) is 35.4 Å². The summed E-state index contributed by atoms with van der Waals surface area (Å²) in [5.41, 5.74) is 7.95. The number of aryl methyl sites for hydroxylation is 1. The van der Waals surface area contributed by atoms with Crippen LogP contribution in [0.15, 0.2) is 24.3 Å². The number of carbonyl (C=O) groups is 1. The largest absolute Gasteiger partial charge is 0.342 e.